The van der Waals surface area contributed by atoms with E-state index in [4.69, 9.17) is 11.2 Å². The van der Waals surface area contributed by atoms with E-state index in [1.807, 2.05) is 0 Å². The Hall–Kier alpha value is 0.590. The molecule has 2 heteroatoms. The molecule has 0 aromatic carbocycles. The van der Waals surface area contributed by atoms with Crippen LogP contribution in [0.2, 0.25) is 0 Å². The van der Waals surface area contributed by atoms with Gasteiger partial charge in [0.2, 0.25) is 0 Å². The minimum atomic E-state index is -1.59. The molecule has 0 aliphatic carbocycles. The Labute approximate surface area is 76.1 Å². The first-order valence-electron chi connectivity index (χ1n) is 3.93. The zero-order valence-corrected chi connectivity index (χ0v) is 10.2. The average Bonchev–Trinajstić information content (AvgIpc) is 1.58. The van der Waals surface area contributed by atoms with Crippen molar-refractivity contribution >= 4 is 23.8 Å². The highest BCUT2D eigenvalue weighted by Gasteiger charge is 2.37. The van der Waals surface area contributed by atoms with E-state index in [9.17, 15) is 0 Å². The van der Waals surface area contributed by atoms with Crippen LogP contribution in [0.1, 0.15) is 41.5 Å². The summed E-state index contributed by atoms with van der Waals surface area (Å²) in [5.41, 5.74) is 0. The fraction of sp³-hybridized carbons (Fsp3) is 0.889. The van der Waals surface area contributed by atoms with Crippen molar-refractivity contribution < 1.29 is 0 Å². The van der Waals surface area contributed by atoms with Crippen LogP contribution < -0.4 is 0 Å². The third-order valence-corrected chi connectivity index (χ3v) is 9.42. The summed E-state index contributed by atoms with van der Waals surface area (Å²) in [6, 6.07) is 0. The fourth-order valence-electron chi connectivity index (χ4n) is 1.01. The maximum absolute atomic E-state index is 6.49. The number of rotatable bonds is 0. The summed E-state index contributed by atoms with van der Waals surface area (Å²) in [4.78, 5) is 0. The number of hydrogen-bond acceptors (Lipinski definition) is 0. The van der Waals surface area contributed by atoms with Crippen molar-refractivity contribution in [2.24, 2.45) is 0 Å². The second-order valence-corrected chi connectivity index (χ2v) is 10.9. The fourth-order valence-corrected chi connectivity index (χ4v) is 3.02. The van der Waals surface area contributed by atoms with Gasteiger partial charge in [0.1, 0.15) is 0 Å². The predicted molar refractivity (Wildman–Crippen MR) is 59.4 cm³/mol. The van der Waals surface area contributed by atoms with Crippen LogP contribution in [0.5, 0.6) is 0 Å². The lowest BCUT2D eigenvalue weighted by atomic mass is 10.2. The van der Waals surface area contributed by atoms with Gasteiger partial charge in [-0.15, -0.1) is 0 Å². The zero-order chi connectivity index (χ0) is 9.50. The van der Waals surface area contributed by atoms with Crippen molar-refractivity contribution in [3.8, 4) is 0 Å². The van der Waals surface area contributed by atoms with Crippen LogP contribution >= 0.6 is 17.5 Å². The van der Waals surface area contributed by atoms with Gasteiger partial charge < -0.3 is 0 Å². The van der Waals surface area contributed by atoms with E-state index < -0.39 is 6.24 Å². The van der Waals surface area contributed by atoms with E-state index in [1.54, 1.807) is 0 Å². The van der Waals surface area contributed by atoms with Crippen LogP contribution in [0.4, 0.5) is 0 Å². The quantitative estimate of drug-likeness (QED) is 0.508. The number of halogens is 1. The smallest absolute Gasteiger partial charge is 0.00523 e. The first kappa shape index (κ1) is 11.6. The topological polar surface area (TPSA) is 0 Å². The second-order valence-electron chi connectivity index (χ2n) is 5.06. The molecule has 0 rings (SSSR count). The molecular weight excluding hydrogens is 175 g/mol. The highest BCUT2D eigenvalue weighted by atomic mass is 35.7. The normalized spacial score (nSPS) is 15.2. The SMILES string of the molecule is C=P(Cl)(C(C)(C)C)C(C)(C)C. The molecule has 0 radical (unpaired) electrons. The lowest BCUT2D eigenvalue weighted by Gasteiger charge is -2.41. The van der Waals surface area contributed by atoms with Gasteiger partial charge in [-0.1, -0.05) is 59.1 Å². The van der Waals surface area contributed by atoms with Gasteiger partial charge in [0.25, 0.3) is 0 Å². The standard InChI is InChI=1S/C9H20ClP/c1-8(2,3)11(7,10)9(4,5)6/h7H2,1-6H3. The molecule has 0 aromatic rings. The summed E-state index contributed by atoms with van der Waals surface area (Å²) in [5, 5.41) is 0.291. The molecule has 0 atom stereocenters. The molecule has 0 unspecified atom stereocenters. The average molecular weight is 195 g/mol. The Morgan fingerprint density at radius 2 is 1.09 bits per heavy atom. The molecule has 0 bridgehead atoms. The Balaban J connectivity index is 4.92. The zero-order valence-electron chi connectivity index (χ0n) is 8.53. The second kappa shape index (κ2) is 2.82. The highest BCUT2D eigenvalue weighted by Crippen LogP contribution is 2.70. The first-order chi connectivity index (χ1) is 4.50. The van der Waals surface area contributed by atoms with Gasteiger partial charge in [-0.2, -0.15) is 0 Å². The van der Waals surface area contributed by atoms with E-state index in [-0.39, 0.29) is 10.3 Å². The van der Waals surface area contributed by atoms with E-state index in [1.165, 1.54) is 0 Å². The van der Waals surface area contributed by atoms with Gasteiger partial charge in [0.05, 0.1) is 0 Å². The molecule has 0 fully saturated rings. The van der Waals surface area contributed by atoms with Crippen molar-refractivity contribution in [3.63, 3.8) is 0 Å². The van der Waals surface area contributed by atoms with Crippen molar-refractivity contribution in [2.45, 2.75) is 51.9 Å². The lowest BCUT2D eigenvalue weighted by molar-refractivity contribution is 0.716. The van der Waals surface area contributed by atoms with Crippen LogP contribution in [-0.4, -0.2) is 16.6 Å². The summed E-state index contributed by atoms with van der Waals surface area (Å²) in [6.07, 6.45) is 2.60. The van der Waals surface area contributed by atoms with Crippen molar-refractivity contribution in [1.29, 1.82) is 0 Å². The molecular formula is C9H20ClP. The van der Waals surface area contributed by atoms with Gasteiger partial charge in [0, 0.05) is 0 Å². The van der Waals surface area contributed by atoms with Crippen LogP contribution in [0, 0.1) is 0 Å². The Morgan fingerprint density at radius 3 is 1.09 bits per heavy atom. The van der Waals surface area contributed by atoms with E-state index >= 15 is 0 Å². The molecule has 0 spiro atoms. The molecule has 0 saturated heterocycles. The van der Waals surface area contributed by atoms with Crippen LogP contribution in [0.25, 0.3) is 0 Å². The molecule has 0 heterocycles. The number of hydrogen-bond donors (Lipinski definition) is 0. The van der Waals surface area contributed by atoms with E-state index in [0.29, 0.717) is 0 Å². The summed E-state index contributed by atoms with van der Waals surface area (Å²) in [6.45, 7) is 13.0. The lowest BCUT2D eigenvalue weighted by Crippen LogP contribution is -2.25. The first-order valence-corrected chi connectivity index (χ1v) is 6.81. The van der Waals surface area contributed by atoms with Crippen LogP contribution in [-0.2, 0) is 0 Å². The van der Waals surface area contributed by atoms with Crippen molar-refractivity contribution in [2.75, 3.05) is 0 Å². The summed E-state index contributed by atoms with van der Waals surface area (Å²) >= 11 is 6.49. The molecule has 0 aromatic heterocycles. The van der Waals surface area contributed by atoms with Gasteiger partial charge in [-0.3, -0.25) is 0 Å². The molecule has 0 nitrogen and oxygen atoms in total. The third kappa shape index (κ3) is 2.26. The Bertz CT molecular complexity index is 163. The molecule has 0 saturated carbocycles. The minimum absolute atomic E-state index is 0.146. The Kier molecular flexibility index (Phi) is 2.97. The minimum Gasteiger partial charge on any atom is -0.0973 e. The Morgan fingerprint density at radius 1 is 0.909 bits per heavy atom. The molecule has 0 aliphatic rings. The predicted octanol–water partition coefficient (Wildman–Crippen LogP) is 4.19. The molecule has 11 heavy (non-hydrogen) atoms. The molecule has 0 aliphatic heterocycles. The van der Waals surface area contributed by atoms with Gasteiger partial charge >= 0.3 is 0 Å². The van der Waals surface area contributed by atoms with Crippen LogP contribution in [0.15, 0.2) is 0 Å². The summed E-state index contributed by atoms with van der Waals surface area (Å²) < 4.78 is 0. The molecule has 68 valence electrons. The maximum atomic E-state index is 6.49. The van der Waals surface area contributed by atoms with Crippen molar-refractivity contribution in [1.82, 2.24) is 0 Å². The van der Waals surface area contributed by atoms with E-state index in [2.05, 4.69) is 47.8 Å². The summed E-state index contributed by atoms with van der Waals surface area (Å²) in [5.74, 6) is 0. The van der Waals surface area contributed by atoms with Crippen molar-refractivity contribution in [3.05, 3.63) is 0 Å². The van der Waals surface area contributed by atoms with Gasteiger partial charge in [-0.05, 0) is 16.6 Å². The van der Waals surface area contributed by atoms with E-state index in [0.717, 1.165) is 0 Å². The largest absolute Gasteiger partial charge is 0.0973 e. The molecule has 0 N–H and O–H groups in total. The summed E-state index contributed by atoms with van der Waals surface area (Å²) in [7, 11) is 0. The maximum Gasteiger partial charge on any atom is -0.00523 e. The molecule has 0 amide bonds. The van der Waals surface area contributed by atoms with Gasteiger partial charge in [-0.25, -0.2) is 0 Å². The highest BCUT2D eigenvalue weighted by molar-refractivity contribution is 7.98. The monoisotopic (exact) mass is 194 g/mol. The third-order valence-electron chi connectivity index (χ3n) is 2.13. The van der Waals surface area contributed by atoms with Crippen LogP contribution in [0.3, 0.4) is 0 Å². The van der Waals surface area contributed by atoms with Gasteiger partial charge in [0.15, 0.2) is 0 Å².